The quantitative estimate of drug-likeness (QED) is 0.802. The van der Waals surface area contributed by atoms with Crippen molar-refractivity contribution >= 4 is 5.91 Å². The Morgan fingerprint density at radius 3 is 2.78 bits per heavy atom. The van der Waals surface area contributed by atoms with Gasteiger partial charge in [-0.25, -0.2) is 0 Å². The molecular weight excluding hydrogens is 292 g/mol. The highest BCUT2D eigenvalue weighted by atomic mass is 16.5. The van der Waals surface area contributed by atoms with Gasteiger partial charge >= 0.3 is 0 Å². The molecule has 1 amide bonds. The number of hydrogen-bond donors (Lipinski definition) is 0. The van der Waals surface area contributed by atoms with Gasteiger partial charge in [-0.3, -0.25) is 9.69 Å². The molecule has 1 aromatic heterocycles. The molecule has 1 atom stereocenters. The molecule has 1 aliphatic heterocycles. The summed E-state index contributed by atoms with van der Waals surface area (Å²) in [6.07, 6.45) is 8.15. The average Bonchev–Trinajstić information content (AvgIpc) is 3.03. The lowest BCUT2D eigenvalue weighted by Gasteiger charge is -2.35. The number of hydrogen-bond acceptors (Lipinski definition) is 5. The number of amides is 1. The van der Waals surface area contributed by atoms with Crippen molar-refractivity contribution in [1.82, 2.24) is 19.9 Å². The molecular formula is C17H26N4O2. The van der Waals surface area contributed by atoms with Crippen molar-refractivity contribution in [3.05, 3.63) is 11.7 Å². The zero-order chi connectivity index (χ0) is 15.8. The summed E-state index contributed by atoms with van der Waals surface area (Å²) in [4.78, 5) is 21.1. The molecule has 4 rings (SSSR count). The summed E-state index contributed by atoms with van der Waals surface area (Å²) in [5, 5.41) is 4.07. The van der Waals surface area contributed by atoms with Crippen LogP contribution in [-0.2, 0) is 11.2 Å². The normalized spacial score (nSPS) is 25.5. The highest BCUT2D eigenvalue weighted by Crippen LogP contribution is 2.38. The summed E-state index contributed by atoms with van der Waals surface area (Å²) >= 11 is 0. The second-order valence-corrected chi connectivity index (χ2v) is 7.31. The molecule has 1 saturated heterocycles. The van der Waals surface area contributed by atoms with Crippen molar-refractivity contribution in [3.63, 3.8) is 0 Å². The van der Waals surface area contributed by atoms with Crippen LogP contribution in [-0.4, -0.2) is 57.6 Å². The molecule has 23 heavy (non-hydrogen) atoms. The fraction of sp³-hybridized carbons (Fsp3) is 0.824. The standard InChI is InChI=1S/C17H26N4O2/c1-12(22)21(15-7-9-20(11-15)14-3-2-4-14)10-8-16-18-17(23-19-16)13-5-6-13/h13-15H,2-11H2,1H3. The van der Waals surface area contributed by atoms with E-state index in [2.05, 4.69) is 15.0 Å². The number of likely N-dealkylation sites (tertiary alicyclic amines) is 1. The Labute approximate surface area is 137 Å². The summed E-state index contributed by atoms with van der Waals surface area (Å²) in [5.74, 6) is 2.18. The van der Waals surface area contributed by atoms with Crippen LogP contribution in [0.15, 0.2) is 4.52 Å². The first-order valence-corrected chi connectivity index (χ1v) is 9.04. The van der Waals surface area contributed by atoms with Crippen LogP contribution in [0, 0.1) is 0 Å². The van der Waals surface area contributed by atoms with Crippen molar-refractivity contribution in [1.29, 1.82) is 0 Å². The molecule has 2 saturated carbocycles. The van der Waals surface area contributed by atoms with Crippen LogP contribution in [0.3, 0.4) is 0 Å². The fourth-order valence-corrected chi connectivity index (χ4v) is 3.79. The summed E-state index contributed by atoms with van der Waals surface area (Å²) < 4.78 is 5.30. The highest BCUT2D eigenvalue weighted by molar-refractivity contribution is 5.73. The first-order valence-electron chi connectivity index (χ1n) is 9.04. The van der Waals surface area contributed by atoms with Gasteiger partial charge in [0.05, 0.1) is 0 Å². The minimum atomic E-state index is 0.163. The molecule has 1 aromatic rings. The van der Waals surface area contributed by atoms with Gasteiger partial charge < -0.3 is 9.42 Å². The minimum Gasteiger partial charge on any atom is -0.339 e. The third-order valence-corrected chi connectivity index (χ3v) is 5.62. The van der Waals surface area contributed by atoms with Crippen LogP contribution in [0.5, 0.6) is 0 Å². The topological polar surface area (TPSA) is 62.5 Å². The molecule has 0 radical (unpaired) electrons. The maximum Gasteiger partial charge on any atom is 0.229 e. The smallest absolute Gasteiger partial charge is 0.229 e. The van der Waals surface area contributed by atoms with E-state index in [9.17, 15) is 4.79 Å². The molecule has 126 valence electrons. The molecule has 0 aromatic carbocycles. The monoisotopic (exact) mass is 318 g/mol. The van der Waals surface area contributed by atoms with E-state index in [-0.39, 0.29) is 5.91 Å². The van der Waals surface area contributed by atoms with E-state index in [0.717, 1.165) is 37.3 Å². The lowest BCUT2D eigenvalue weighted by molar-refractivity contribution is -0.131. The second kappa shape index (κ2) is 6.23. The van der Waals surface area contributed by atoms with Crippen LogP contribution in [0.25, 0.3) is 0 Å². The Balaban J connectivity index is 1.33. The maximum atomic E-state index is 12.1. The third kappa shape index (κ3) is 3.27. The van der Waals surface area contributed by atoms with Gasteiger partial charge in [0.15, 0.2) is 5.82 Å². The van der Waals surface area contributed by atoms with E-state index < -0.39 is 0 Å². The SMILES string of the molecule is CC(=O)N(CCc1noc(C2CC2)n1)C1CCN(C2CCC2)C1. The van der Waals surface area contributed by atoms with Gasteiger partial charge in [0, 0.05) is 51.0 Å². The molecule has 0 bridgehead atoms. The van der Waals surface area contributed by atoms with Gasteiger partial charge in [0.2, 0.25) is 11.8 Å². The lowest BCUT2D eigenvalue weighted by Crippen LogP contribution is -2.44. The number of rotatable bonds is 6. The number of carbonyl (C=O) groups excluding carboxylic acids is 1. The van der Waals surface area contributed by atoms with E-state index in [4.69, 9.17) is 4.52 Å². The highest BCUT2D eigenvalue weighted by Gasteiger charge is 2.35. The van der Waals surface area contributed by atoms with Gasteiger partial charge in [-0.15, -0.1) is 0 Å². The van der Waals surface area contributed by atoms with Crippen molar-refractivity contribution in [2.75, 3.05) is 19.6 Å². The average molecular weight is 318 g/mol. The molecule has 3 fully saturated rings. The van der Waals surface area contributed by atoms with E-state index in [1.165, 1.54) is 32.1 Å². The van der Waals surface area contributed by atoms with E-state index in [1.807, 2.05) is 4.90 Å². The summed E-state index contributed by atoms with van der Waals surface area (Å²) in [6, 6.07) is 1.12. The first kappa shape index (κ1) is 15.1. The largest absolute Gasteiger partial charge is 0.339 e. The Hall–Kier alpha value is -1.43. The molecule has 3 aliphatic rings. The molecule has 1 unspecified atom stereocenters. The Morgan fingerprint density at radius 2 is 2.13 bits per heavy atom. The summed E-state index contributed by atoms with van der Waals surface area (Å²) in [6.45, 7) is 4.54. The van der Waals surface area contributed by atoms with Crippen LogP contribution < -0.4 is 0 Å². The predicted molar refractivity (Wildman–Crippen MR) is 85.0 cm³/mol. The van der Waals surface area contributed by atoms with E-state index >= 15 is 0 Å². The summed E-state index contributed by atoms with van der Waals surface area (Å²) in [7, 11) is 0. The third-order valence-electron chi connectivity index (χ3n) is 5.62. The van der Waals surface area contributed by atoms with Gasteiger partial charge in [-0.05, 0) is 32.1 Å². The van der Waals surface area contributed by atoms with Gasteiger partial charge in [0.1, 0.15) is 0 Å². The summed E-state index contributed by atoms with van der Waals surface area (Å²) in [5.41, 5.74) is 0. The molecule has 0 N–H and O–H groups in total. The molecule has 0 spiro atoms. The zero-order valence-corrected chi connectivity index (χ0v) is 13.9. The van der Waals surface area contributed by atoms with Crippen molar-refractivity contribution in [2.24, 2.45) is 0 Å². The molecule has 2 aliphatic carbocycles. The molecule has 6 nitrogen and oxygen atoms in total. The van der Waals surface area contributed by atoms with Crippen LogP contribution in [0.2, 0.25) is 0 Å². The molecule has 6 heteroatoms. The van der Waals surface area contributed by atoms with Crippen molar-refractivity contribution in [3.8, 4) is 0 Å². The minimum absolute atomic E-state index is 0.163. The number of aromatic nitrogens is 2. The van der Waals surface area contributed by atoms with Crippen molar-refractivity contribution in [2.45, 2.75) is 69.9 Å². The van der Waals surface area contributed by atoms with Gasteiger partial charge in [-0.1, -0.05) is 11.6 Å². The van der Waals surface area contributed by atoms with Crippen molar-refractivity contribution < 1.29 is 9.32 Å². The maximum absolute atomic E-state index is 12.1. The first-order chi connectivity index (χ1) is 11.2. The Morgan fingerprint density at radius 1 is 1.30 bits per heavy atom. The van der Waals surface area contributed by atoms with Crippen LogP contribution in [0.4, 0.5) is 0 Å². The van der Waals surface area contributed by atoms with E-state index in [0.29, 0.717) is 24.9 Å². The lowest BCUT2D eigenvalue weighted by atomic mass is 9.92. The van der Waals surface area contributed by atoms with Crippen LogP contribution >= 0.6 is 0 Å². The zero-order valence-electron chi connectivity index (χ0n) is 13.9. The second-order valence-electron chi connectivity index (χ2n) is 7.31. The number of nitrogens with zero attached hydrogens (tertiary/aromatic N) is 4. The van der Waals surface area contributed by atoms with Crippen LogP contribution in [0.1, 0.15) is 63.1 Å². The Kier molecular flexibility index (Phi) is 4.09. The fourth-order valence-electron chi connectivity index (χ4n) is 3.79. The van der Waals surface area contributed by atoms with Gasteiger partial charge in [-0.2, -0.15) is 4.98 Å². The number of carbonyl (C=O) groups is 1. The molecule has 2 heterocycles. The predicted octanol–water partition coefficient (Wildman–Crippen LogP) is 1.96. The van der Waals surface area contributed by atoms with Gasteiger partial charge in [0.25, 0.3) is 0 Å². The Bertz CT molecular complexity index is 565. The van der Waals surface area contributed by atoms with E-state index in [1.54, 1.807) is 6.92 Å².